The summed E-state index contributed by atoms with van der Waals surface area (Å²) in [6, 6.07) is 26.3. The van der Waals surface area contributed by atoms with Gasteiger partial charge in [0.15, 0.2) is 5.78 Å². The Labute approximate surface area is 171 Å². The van der Waals surface area contributed by atoms with Crippen LogP contribution in [0.15, 0.2) is 84.9 Å². The maximum absolute atomic E-state index is 13.4. The molecule has 29 heavy (non-hydrogen) atoms. The van der Waals surface area contributed by atoms with E-state index >= 15 is 0 Å². The predicted molar refractivity (Wildman–Crippen MR) is 115 cm³/mol. The molecule has 3 aromatic rings. The van der Waals surface area contributed by atoms with Crippen molar-refractivity contribution in [3.8, 4) is 0 Å². The van der Waals surface area contributed by atoms with Crippen molar-refractivity contribution in [3.63, 3.8) is 0 Å². The van der Waals surface area contributed by atoms with Crippen LogP contribution in [0.5, 0.6) is 0 Å². The summed E-state index contributed by atoms with van der Waals surface area (Å²) < 4.78 is 0. The molecular weight excluding hydrogens is 360 g/mol. The van der Waals surface area contributed by atoms with Crippen LogP contribution in [-0.2, 0) is 11.3 Å². The second-order valence-electron chi connectivity index (χ2n) is 7.27. The number of para-hydroxylation sites is 1. The van der Waals surface area contributed by atoms with E-state index in [0.29, 0.717) is 23.4 Å². The summed E-state index contributed by atoms with van der Waals surface area (Å²) in [4.78, 5) is 28.4. The molecule has 1 heterocycles. The smallest absolute Gasteiger partial charge is 0.244 e. The molecule has 1 fully saturated rings. The molecule has 0 radical (unpaired) electrons. The molecule has 1 amide bonds. The molecule has 146 valence electrons. The first kappa shape index (κ1) is 19.1. The minimum absolute atomic E-state index is 0.0136. The summed E-state index contributed by atoms with van der Waals surface area (Å²) in [5, 5.41) is 3.30. The van der Waals surface area contributed by atoms with Crippen LogP contribution >= 0.6 is 0 Å². The second kappa shape index (κ2) is 8.84. The van der Waals surface area contributed by atoms with Crippen molar-refractivity contribution in [1.29, 1.82) is 0 Å². The monoisotopic (exact) mass is 384 g/mol. The first-order valence-corrected chi connectivity index (χ1v) is 10.0. The first-order valence-electron chi connectivity index (χ1n) is 10.0. The van der Waals surface area contributed by atoms with E-state index in [9.17, 15) is 9.59 Å². The van der Waals surface area contributed by atoms with Crippen LogP contribution in [0.2, 0.25) is 0 Å². The summed E-state index contributed by atoms with van der Waals surface area (Å²) in [6.45, 7) is 1.27. The van der Waals surface area contributed by atoms with Gasteiger partial charge in [0.25, 0.3) is 0 Å². The lowest BCUT2D eigenvalue weighted by molar-refractivity contribution is -0.120. The summed E-state index contributed by atoms with van der Waals surface area (Å²) in [5.41, 5.74) is 2.84. The van der Waals surface area contributed by atoms with Gasteiger partial charge in [-0.25, -0.2) is 0 Å². The van der Waals surface area contributed by atoms with Crippen LogP contribution < -0.4 is 10.2 Å². The molecular formula is C25H24N2O2. The number of carbonyl (C=O) groups is 2. The quantitative estimate of drug-likeness (QED) is 0.648. The third-order valence-electron chi connectivity index (χ3n) is 5.28. The molecule has 1 aliphatic rings. The Morgan fingerprint density at radius 1 is 0.862 bits per heavy atom. The molecule has 0 bridgehead atoms. The van der Waals surface area contributed by atoms with Crippen LogP contribution in [0.4, 0.5) is 5.69 Å². The number of carbonyl (C=O) groups excluding carboxylic acids is 2. The van der Waals surface area contributed by atoms with Gasteiger partial charge in [0.2, 0.25) is 5.91 Å². The molecule has 0 saturated carbocycles. The van der Waals surface area contributed by atoms with Gasteiger partial charge < -0.3 is 10.2 Å². The summed E-state index contributed by atoms with van der Waals surface area (Å²) in [6.07, 6.45) is 1.80. The standard InChI is InChI=1S/C25H24N2O2/c28-24(20-12-5-2-6-13-20)21-14-7-8-16-23(21)27(18-19-10-3-1-4-11-19)25(29)22-15-9-17-26-22/h1-8,10-14,16,22,26H,9,15,17-18H2/t22-/m0/s1. The van der Waals surface area contributed by atoms with Crippen molar-refractivity contribution >= 4 is 17.4 Å². The number of ketones is 1. The van der Waals surface area contributed by atoms with E-state index in [1.165, 1.54) is 0 Å². The summed E-state index contributed by atoms with van der Waals surface area (Å²) in [7, 11) is 0. The van der Waals surface area contributed by atoms with E-state index in [1.807, 2.05) is 66.7 Å². The number of hydrogen-bond acceptors (Lipinski definition) is 3. The van der Waals surface area contributed by atoms with Crippen LogP contribution in [0.25, 0.3) is 0 Å². The molecule has 0 aliphatic carbocycles. The Balaban J connectivity index is 1.74. The topological polar surface area (TPSA) is 49.4 Å². The zero-order valence-electron chi connectivity index (χ0n) is 16.3. The van der Waals surface area contributed by atoms with E-state index in [2.05, 4.69) is 5.32 Å². The number of rotatable bonds is 6. The third kappa shape index (κ3) is 4.28. The Bertz CT molecular complexity index is 980. The van der Waals surface area contributed by atoms with Crippen molar-refractivity contribution in [2.75, 3.05) is 11.4 Å². The predicted octanol–water partition coefficient (Wildman–Crippen LogP) is 4.20. The van der Waals surface area contributed by atoms with Gasteiger partial charge in [-0.3, -0.25) is 9.59 Å². The van der Waals surface area contributed by atoms with E-state index in [0.717, 1.165) is 24.9 Å². The molecule has 0 unspecified atom stereocenters. The van der Waals surface area contributed by atoms with Crippen molar-refractivity contribution in [2.24, 2.45) is 0 Å². The molecule has 4 nitrogen and oxygen atoms in total. The second-order valence-corrected chi connectivity index (χ2v) is 7.27. The van der Waals surface area contributed by atoms with Crippen molar-refractivity contribution < 1.29 is 9.59 Å². The first-order chi connectivity index (χ1) is 14.2. The van der Waals surface area contributed by atoms with Gasteiger partial charge in [-0.1, -0.05) is 72.8 Å². The number of benzene rings is 3. The van der Waals surface area contributed by atoms with Gasteiger partial charge in [-0.15, -0.1) is 0 Å². The van der Waals surface area contributed by atoms with E-state index in [1.54, 1.807) is 23.1 Å². The van der Waals surface area contributed by atoms with Crippen LogP contribution in [0.1, 0.15) is 34.3 Å². The highest BCUT2D eigenvalue weighted by Gasteiger charge is 2.30. The molecule has 1 saturated heterocycles. The van der Waals surface area contributed by atoms with E-state index in [-0.39, 0.29) is 17.7 Å². The van der Waals surface area contributed by atoms with Gasteiger partial charge >= 0.3 is 0 Å². The zero-order chi connectivity index (χ0) is 20.1. The van der Waals surface area contributed by atoms with Crippen LogP contribution in [-0.4, -0.2) is 24.3 Å². The van der Waals surface area contributed by atoms with Gasteiger partial charge in [0.05, 0.1) is 18.3 Å². The average Bonchev–Trinajstić information content (AvgIpc) is 3.33. The Morgan fingerprint density at radius 3 is 2.21 bits per heavy atom. The Hall–Kier alpha value is -3.24. The third-order valence-corrected chi connectivity index (χ3v) is 5.28. The number of amides is 1. The summed E-state index contributed by atoms with van der Waals surface area (Å²) >= 11 is 0. The SMILES string of the molecule is O=C(c1ccccc1)c1ccccc1N(Cc1ccccc1)C(=O)[C@@H]1CCCN1. The van der Waals surface area contributed by atoms with Crippen molar-refractivity contribution in [1.82, 2.24) is 5.32 Å². The number of anilines is 1. The lowest BCUT2D eigenvalue weighted by Gasteiger charge is -2.28. The van der Waals surface area contributed by atoms with Crippen molar-refractivity contribution in [2.45, 2.75) is 25.4 Å². The fourth-order valence-electron chi connectivity index (χ4n) is 3.78. The average molecular weight is 384 g/mol. The minimum atomic E-state index is -0.210. The maximum Gasteiger partial charge on any atom is 0.244 e. The molecule has 3 aromatic carbocycles. The Morgan fingerprint density at radius 2 is 1.52 bits per heavy atom. The zero-order valence-corrected chi connectivity index (χ0v) is 16.3. The van der Waals surface area contributed by atoms with E-state index < -0.39 is 0 Å². The Kier molecular flexibility index (Phi) is 5.82. The molecule has 1 N–H and O–H groups in total. The van der Waals surface area contributed by atoms with Gasteiger partial charge in [-0.05, 0) is 37.1 Å². The molecule has 0 aromatic heterocycles. The normalized spacial score (nSPS) is 15.8. The largest absolute Gasteiger partial charge is 0.306 e. The molecule has 4 heteroatoms. The van der Waals surface area contributed by atoms with E-state index in [4.69, 9.17) is 0 Å². The lowest BCUT2D eigenvalue weighted by atomic mass is 10.00. The maximum atomic E-state index is 13.4. The minimum Gasteiger partial charge on any atom is -0.306 e. The van der Waals surface area contributed by atoms with Gasteiger partial charge in [-0.2, -0.15) is 0 Å². The fraction of sp³-hybridized carbons (Fsp3) is 0.200. The van der Waals surface area contributed by atoms with Crippen LogP contribution in [0.3, 0.4) is 0 Å². The number of nitrogens with one attached hydrogen (secondary N) is 1. The molecule has 1 aliphatic heterocycles. The summed E-state index contributed by atoms with van der Waals surface area (Å²) in [5.74, 6) is -0.0638. The highest BCUT2D eigenvalue weighted by molar-refractivity contribution is 6.14. The highest BCUT2D eigenvalue weighted by Crippen LogP contribution is 2.27. The van der Waals surface area contributed by atoms with Gasteiger partial charge in [0, 0.05) is 11.1 Å². The van der Waals surface area contributed by atoms with Crippen LogP contribution in [0, 0.1) is 0 Å². The highest BCUT2D eigenvalue weighted by atomic mass is 16.2. The fourth-order valence-corrected chi connectivity index (χ4v) is 3.78. The number of nitrogens with zero attached hydrogens (tertiary/aromatic N) is 1. The number of hydrogen-bond donors (Lipinski definition) is 1. The van der Waals surface area contributed by atoms with Gasteiger partial charge in [0.1, 0.15) is 0 Å². The van der Waals surface area contributed by atoms with Crippen molar-refractivity contribution in [3.05, 3.63) is 102 Å². The molecule has 4 rings (SSSR count). The molecule has 1 atom stereocenters. The molecule has 0 spiro atoms. The lowest BCUT2D eigenvalue weighted by Crippen LogP contribution is -2.44.